The third-order valence-electron chi connectivity index (χ3n) is 8.39. The largest absolute Gasteiger partial charge is 0.380 e. The van der Waals surface area contributed by atoms with Gasteiger partial charge < -0.3 is 25.2 Å². The Kier molecular flexibility index (Phi) is 7.49. The average molecular weight is 583 g/mol. The van der Waals surface area contributed by atoms with Crippen molar-refractivity contribution in [1.82, 2.24) is 40.1 Å². The third-order valence-corrected chi connectivity index (χ3v) is 8.39. The Bertz CT molecular complexity index is 1540. The molecule has 0 radical (unpaired) electrons. The van der Waals surface area contributed by atoms with E-state index in [2.05, 4.69) is 52.8 Å². The summed E-state index contributed by atoms with van der Waals surface area (Å²) in [6, 6.07) is 5.62. The predicted octanol–water partition coefficient (Wildman–Crippen LogP) is 3.02. The Morgan fingerprint density at radius 2 is 1.77 bits per heavy atom. The zero-order chi connectivity index (χ0) is 29.2. The first-order chi connectivity index (χ1) is 21.1. The maximum atomic E-state index is 13.5. The third kappa shape index (κ3) is 6.09. The fourth-order valence-electron chi connectivity index (χ4n) is 5.86. The lowest BCUT2D eigenvalue weighted by atomic mass is 9.90. The van der Waals surface area contributed by atoms with E-state index in [-0.39, 0.29) is 12.0 Å². The van der Waals surface area contributed by atoms with Gasteiger partial charge in [0.2, 0.25) is 23.8 Å². The van der Waals surface area contributed by atoms with Crippen LogP contribution in [0, 0.1) is 0 Å². The number of aromatic nitrogens is 8. The molecule has 6 heterocycles. The number of piperidine rings is 1. The van der Waals surface area contributed by atoms with Crippen molar-refractivity contribution in [3.05, 3.63) is 60.4 Å². The number of pyridine rings is 1. The average Bonchev–Trinajstić information content (AvgIpc) is 3.64. The molecule has 4 aromatic rings. The number of carbonyl (C=O) groups is 1. The van der Waals surface area contributed by atoms with Gasteiger partial charge in [-0.2, -0.15) is 20.1 Å². The molecule has 0 spiro atoms. The Hall–Kier alpha value is -4.72. The summed E-state index contributed by atoms with van der Waals surface area (Å²) in [6.07, 6.45) is 12.9. The van der Waals surface area contributed by atoms with Gasteiger partial charge in [0.05, 0.1) is 12.3 Å². The van der Waals surface area contributed by atoms with Crippen LogP contribution in [0.5, 0.6) is 0 Å². The van der Waals surface area contributed by atoms with Gasteiger partial charge in [0.15, 0.2) is 11.6 Å². The van der Waals surface area contributed by atoms with Crippen molar-refractivity contribution in [2.75, 3.05) is 47.2 Å². The summed E-state index contributed by atoms with van der Waals surface area (Å²) in [5, 5.41) is 13.7. The smallest absolute Gasteiger partial charge is 0.248 e. The second-order valence-corrected chi connectivity index (χ2v) is 11.3. The number of amides is 1. The first kappa shape index (κ1) is 27.1. The van der Waals surface area contributed by atoms with Crippen molar-refractivity contribution < 1.29 is 9.53 Å². The molecule has 222 valence electrons. The normalized spacial score (nSPS) is 20.8. The van der Waals surface area contributed by atoms with Crippen molar-refractivity contribution in [2.45, 2.75) is 56.1 Å². The SMILES string of the molecule is CO[C@H]1C[C@@H](C(=O)Nc2cnccn2)N(c2nc(Nc3cc(C4CC4)[nH]n3)nc(N3CCC(c4ccncc4)CC3)n2)C1. The van der Waals surface area contributed by atoms with E-state index in [1.165, 1.54) is 30.8 Å². The summed E-state index contributed by atoms with van der Waals surface area (Å²) in [5.41, 5.74) is 2.41. The van der Waals surface area contributed by atoms with E-state index in [1.54, 1.807) is 13.3 Å². The van der Waals surface area contributed by atoms with Gasteiger partial charge in [-0.25, -0.2) is 4.98 Å². The molecule has 14 heteroatoms. The molecular formula is C29H34N12O2. The predicted molar refractivity (Wildman–Crippen MR) is 159 cm³/mol. The molecule has 4 aromatic heterocycles. The van der Waals surface area contributed by atoms with E-state index in [1.807, 2.05) is 23.4 Å². The maximum Gasteiger partial charge on any atom is 0.248 e. The molecule has 0 bridgehead atoms. The van der Waals surface area contributed by atoms with Gasteiger partial charge in [0.1, 0.15) is 6.04 Å². The van der Waals surface area contributed by atoms with Gasteiger partial charge in [0.25, 0.3) is 0 Å². The second-order valence-electron chi connectivity index (χ2n) is 11.3. The molecule has 2 atom stereocenters. The zero-order valence-corrected chi connectivity index (χ0v) is 23.9. The van der Waals surface area contributed by atoms with Crippen LogP contribution in [0.25, 0.3) is 0 Å². The van der Waals surface area contributed by atoms with Crippen LogP contribution in [0.3, 0.4) is 0 Å². The lowest BCUT2D eigenvalue weighted by Gasteiger charge is -2.33. The molecular weight excluding hydrogens is 548 g/mol. The minimum atomic E-state index is -0.570. The Balaban J connectivity index is 1.17. The van der Waals surface area contributed by atoms with Crippen molar-refractivity contribution in [3.8, 4) is 0 Å². The molecule has 3 fully saturated rings. The fraction of sp³-hybridized carbons (Fsp3) is 0.448. The quantitative estimate of drug-likeness (QED) is 0.265. The molecule has 0 unspecified atom stereocenters. The molecule has 2 saturated heterocycles. The molecule has 1 saturated carbocycles. The zero-order valence-electron chi connectivity index (χ0n) is 23.9. The van der Waals surface area contributed by atoms with Crippen LogP contribution in [0.2, 0.25) is 0 Å². The molecule has 2 aliphatic heterocycles. The topological polar surface area (TPSA) is 163 Å². The first-order valence-electron chi connectivity index (χ1n) is 14.7. The van der Waals surface area contributed by atoms with E-state index < -0.39 is 6.04 Å². The maximum absolute atomic E-state index is 13.5. The highest BCUT2D eigenvalue weighted by Gasteiger charge is 2.39. The minimum Gasteiger partial charge on any atom is -0.380 e. The Morgan fingerprint density at radius 3 is 2.51 bits per heavy atom. The summed E-state index contributed by atoms with van der Waals surface area (Å²) in [5.74, 6) is 3.14. The highest BCUT2D eigenvalue weighted by Crippen LogP contribution is 2.40. The van der Waals surface area contributed by atoms with Crippen molar-refractivity contribution in [3.63, 3.8) is 0 Å². The molecule has 3 N–H and O–H groups in total. The summed E-state index contributed by atoms with van der Waals surface area (Å²) < 4.78 is 5.69. The molecule has 14 nitrogen and oxygen atoms in total. The van der Waals surface area contributed by atoms with Crippen LogP contribution in [0.4, 0.5) is 29.5 Å². The van der Waals surface area contributed by atoms with Gasteiger partial charge in [-0.05, 0) is 49.3 Å². The minimum absolute atomic E-state index is 0.169. The number of nitrogens with zero attached hydrogens (tertiary/aromatic N) is 9. The number of hydrogen-bond donors (Lipinski definition) is 3. The second kappa shape index (κ2) is 11.9. The van der Waals surface area contributed by atoms with Crippen molar-refractivity contribution in [1.29, 1.82) is 0 Å². The number of rotatable bonds is 9. The lowest BCUT2D eigenvalue weighted by Crippen LogP contribution is -2.41. The highest BCUT2D eigenvalue weighted by atomic mass is 16.5. The van der Waals surface area contributed by atoms with Gasteiger partial charge in [-0.15, -0.1) is 0 Å². The van der Waals surface area contributed by atoms with E-state index >= 15 is 0 Å². The standard InChI is InChI=1S/C29H34N12O2/c1-43-21-14-23(26(42)33-25-16-31-10-11-32-25)41(17-21)29-36-27(34-24-15-22(38-39-24)20-2-3-20)35-28(37-29)40-12-6-19(7-13-40)18-4-8-30-9-5-18/h4-5,8-11,15-16,19-21,23H,2-3,6-7,12-14,17H2,1H3,(H,32,33,42)(H2,34,35,36,37,38,39)/t21-,23-/m0/s1. The highest BCUT2D eigenvalue weighted by molar-refractivity contribution is 5.96. The summed E-state index contributed by atoms with van der Waals surface area (Å²) >= 11 is 0. The van der Waals surface area contributed by atoms with Crippen LogP contribution in [-0.2, 0) is 9.53 Å². The van der Waals surface area contributed by atoms with Crippen LogP contribution in [0.1, 0.15) is 55.2 Å². The van der Waals surface area contributed by atoms with Crippen LogP contribution >= 0.6 is 0 Å². The van der Waals surface area contributed by atoms with Gasteiger partial charge in [-0.3, -0.25) is 19.9 Å². The summed E-state index contributed by atoms with van der Waals surface area (Å²) in [7, 11) is 1.65. The van der Waals surface area contributed by atoms with Gasteiger partial charge in [-0.1, -0.05) is 0 Å². The number of H-pyrrole nitrogens is 1. The van der Waals surface area contributed by atoms with Crippen LogP contribution in [0.15, 0.2) is 49.2 Å². The van der Waals surface area contributed by atoms with Gasteiger partial charge in [0, 0.05) is 75.6 Å². The number of methoxy groups -OCH3 is 1. The number of anilines is 5. The number of carbonyl (C=O) groups excluding carboxylic acids is 1. The van der Waals surface area contributed by atoms with E-state index in [4.69, 9.17) is 19.7 Å². The number of ether oxygens (including phenoxy) is 1. The number of hydrogen-bond acceptors (Lipinski definition) is 12. The van der Waals surface area contributed by atoms with Crippen LogP contribution in [-0.4, -0.2) is 84.9 Å². The molecule has 0 aromatic carbocycles. The Labute approximate surface area is 248 Å². The first-order valence-corrected chi connectivity index (χ1v) is 14.7. The van der Waals surface area contributed by atoms with Crippen molar-refractivity contribution >= 4 is 35.4 Å². The summed E-state index contributed by atoms with van der Waals surface area (Å²) in [6.45, 7) is 2.04. The van der Waals surface area contributed by atoms with Crippen molar-refractivity contribution in [2.24, 2.45) is 0 Å². The van der Waals surface area contributed by atoms with Gasteiger partial charge >= 0.3 is 0 Å². The fourth-order valence-corrected chi connectivity index (χ4v) is 5.86. The molecule has 1 amide bonds. The molecule has 7 rings (SSSR count). The lowest BCUT2D eigenvalue weighted by molar-refractivity contribution is -0.117. The monoisotopic (exact) mass is 582 g/mol. The molecule has 43 heavy (non-hydrogen) atoms. The van der Waals surface area contributed by atoms with E-state index in [0.717, 1.165) is 31.6 Å². The molecule has 3 aliphatic rings. The van der Waals surface area contributed by atoms with Crippen LogP contribution < -0.4 is 20.4 Å². The molecule has 1 aliphatic carbocycles. The van der Waals surface area contributed by atoms with E-state index in [9.17, 15) is 4.79 Å². The summed E-state index contributed by atoms with van der Waals surface area (Å²) in [4.78, 5) is 44.5. The number of aromatic amines is 1. The Morgan fingerprint density at radius 1 is 0.953 bits per heavy atom. The number of nitrogens with one attached hydrogen (secondary N) is 3. The van der Waals surface area contributed by atoms with E-state index in [0.29, 0.717) is 54.3 Å².